The molecule has 108 valence electrons. The Hall–Kier alpha value is -2.02. The Kier molecular flexibility index (Phi) is 3.71. The number of nitrogens with zero attached hydrogens (tertiary/aromatic N) is 1. The van der Waals surface area contributed by atoms with Crippen LogP contribution >= 0.6 is 0 Å². The van der Waals surface area contributed by atoms with Crippen LogP contribution in [0.15, 0.2) is 27.6 Å². The largest absolute Gasteiger partial charge is 0.493 e. The zero-order valence-corrected chi connectivity index (χ0v) is 12.4. The molecule has 2 rings (SSSR count). The van der Waals surface area contributed by atoms with Crippen molar-refractivity contribution in [2.75, 3.05) is 7.11 Å². The quantitative estimate of drug-likeness (QED) is 0.806. The summed E-state index contributed by atoms with van der Waals surface area (Å²) in [7, 11) is -2.56. The predicted molar refractivity (Wildman–Crippen MR) is 71.5 cm³/mol. The molecule has 20 heavy (non-hydrogen) atoms. The van der Waals surface area contributed by atoms with Crippen LogP contribution in [0.5, 0.6) is 11.5 Å². The Balaban J connectivity index is 2.44. The highest BCUT2D eigenvalue weighted by molar-refractivity contribution is 7.87. The minimum atomic E-state index is -4.01. The van der Waals surface area contributed by atoms with Gasteiger partial charge in [-0.05, 0) is 38.5 Å². The van der Waals surface area contributed by atoms with Gasteiger partial charge >= 0.3 is 10.1 Å². The number of rotatable bonds is 4. The lowest BCUT2D eigenvalue weighted by atomic mass is 10.2. The summed E-state index contributed by atoms with van der Waals surface area (Å²) in [5.41, 5.74) is 1.19. The van der Waals surface area contributed by atoms with Crippen molar-refractivity contribution in [3.63, 3.8) is 0 Å². The first-order valence-corrected chi connectivity index (χ1v) is 7.28. The van der Waals surface area contributed by atoms with Gasteiger partial charge in [0.15, 0.2) is 22.2 Å². The predicted octanol–water partition coefficient (Wildman–Crippen LogP) is 2.38. The average molecular weight is 297 g/mol. The number of hydrogen-bond acceptors (Lipinski definition) is 6. The van der Waals surface area contributed by atoms with Gasteiger partial charge in [0.05, 0.1) is 7.11 Å². The molecule has 0 fully saturated rings. The highest BCUT2D eigenvalue weighted by Crippen LogP contribution is 2.31. The summed E-state index contributed by atoms with van der Waals surface area (Å²) in [5, 5.41) is 3.62. The smallest absolute Gasteiger partial charge is 0.344 e. The van der Waals surface area contributed by atoms with Crippen LogP contribution in [0.4, 0.5) is 0 Å². The summed E-state index contributed by atoms with van der Waals surface area (Å²) in [6.07, 6.45) is 0. The molecule has 0 N–H and O–H groups in total. The zero-order valence-electron chi connectivity index (χ0n) is 11.6. The Morgan fingerprint density at radius 1 is 1.15 bits per heavy atom. The molecule has 0 spiro atoms. The molecule has 0 saturated heterocycles. The summed E-state index contributed by atoms with van der Waals surface area (Å²) in [4.78, 5) is -0.0554. The highest BCUT2D eigenvalue weighted by atomic mass is 32.2. The summed E-state index contributed by atoms with van der Waals surface area (Å²) in [5.74, 6) is 0.659. The van der Waals surface area contributed by atoms with Crippen molar-refractivity contribution in [3.8, 4) is 11.5 Å². The topological polar surface area (TPSA) is 78.6 Å². The molecule has 1 aromatic heterocycles. The van der Waals surface area contributed by atoms with Gasteiger partial charge in [-0.15, -0.1) is 0 Å². The van der Waals surface area contributed by atoms with E-state index in [1.165, 1.54) is 14.0 Å². The van der Waals surface area contributed by atoms with Crippen LogP contribution < -0.4 is 8.92 Å². The number of aromatic nitrogens is 1. The van der Waals surface area contributed by atoms with E-state index in [0.717, 1.165) is 5.56 Å². The lowest BCUT2D eigenvalue weighted by Crippen LogP contribution is -2.12. The van der Waals surface area contributed by atoms with Gasteiger partial charge in [-0.3, -0.25) is 0 Å². The zero-order chi connectivity index (χ0) is 14.9. The van der Waals surface area contributed by atoms with Crippen LogP contribution in [0.3, 0.4) is 0 Å². The van der Waals surface area contributed by atoms with E-state index in [9.17, 15) is 8.42 Å². The van der Waals surface area contributed by atoms with Gasteiger partial charge in [-0.1, -0.05) is 11.2 Å². The maximum Gasteiger partial charge on any atom is 0.344 e. The highest BCUT2D eigenvalue weighted by Gasteiger charge is 2.27. The van der Waals surface area contributed by atoms with Gasteiger partial charge in [0.1, 0.15) is 5.69 Å². The molecular formula is C13H15NO5S. The third kappa shape index (κ3) is 2.62. The van der Waals surface area contributed by atoms with Gasteiger partial charge in [0.2, 0.25) is 0 Å². The molecule has 0 radical (unpaired) electrons. The molecule has 0 bridgehead atoms. The molecule has 1 aromatic carbocycles. The molecule has 0 aliphatic carbocycles. The van der Waals surface area contributed by atoms with Gasteiger partial charge in [-0.2, -0.15) is 8.42 Å². The third-order valence-corrected chi connectivity index (χ3v) is 4.22. The monoisotopic (exact) mass is 297 g/mol. The van der Waals surface area contributed by atoms with Crippen LogP contribution in [0.2, 0.25) is 0 Å². The molecule has 7 heteroatoms. The van der Waals surface area contributed by atoms with Crippen molar-refractivity contribution in [2.45, 2.75) is 25.7 Å². The molecule has 0 unspecified atom stereocenters. The van der Waals surface area contributed by atoms with E-state index in [0.29, 0.717) is 5.75 Å². The van der Waals surface area contributed by atoms with Crippen LogP contribution in [0, 0.1) is 20.8 Å². The maximum absolute atomic E-state index is 12.3. The first-order chi connectivity index (χ1) is 9.35. The third-order valence-electron chi connectivity index (χ3n) is 2.74. The molecule has 6 nitrogen and oxygen atoms in total. The number of ether oxygens (including phenoxy) is 1. The van der Waals surface area contributed by atoms with E-state index in [2.05, 4.69) is 5.16 Å². The number of methoxy groups -OCH3 is 1. The Bertz CT molecular complexity index is 714. The van der Waals surface area contributed by atoms with Crippen LogP contribution in [-0.2, 0) is 10.1 Å². The fourth-order valence-corrected chi connectivity index (χ4v) is 3.08. The van der Waals surface area contributed by atoms with Gasteiger partial charge < -0.3 is 13.4 Å². The summed E-state index contributed by atoms with van der Waals surface area (Å²) >= 11 is 0. The van der Waals surface area contributed by atoms with Gasteiger partial charge in [0.25, 0.3) is 0 Å². The van der Waals surface area contributed by atoms with Crippen molar-refractivity contribution in [2.24, 2.45) is 0 Å². The van der Waals surface area contributed by atoms with Gasteiger partial charge in [-0.25, -0.2) is 0 Å². The van der Waals surface area contributed by atoms with Crippen molar-refractivity contribution in [1.29, 1.82) is 0 Å². The lowest BCUT2D eigenvalue weighted by Gasteiger charge is -2.10. The SMILES string of the molecule is COc1cc(C)ccc1OS(=O)(=O)c1c(C)noc1C. The van der Waals surface area contributed by atoms with Crippen molar-refractivity contribution >= 4 is 10.1 Å². The van der Waals surface area contributed by atoms with Crippen LogP contribution in [-0.4, -0.2) is 20.7 Å². The molecule has 0 atom stereocenters. The van der Waals surface area contributed by atoms with E-state index in [1.807, 2.05) is 6.92 Å². The van der Waals surface area contributed by atoms with Crippen molar-refractivity contribution in [1.82, 2.24) is 5.16 Å². The normalized spacial score (nSPS) is 11.4. The van der Waals surface area contributed by atoms with Gasteiger partial charge in [0, 0.05) is 0 Å². The molecule has 1 heterocycles. The molecule has 0 amide bonds. The Morgan fingerprint density at radius 2 is 1.85 bits per heavy atom. The van der Waals surface area contributed by atoms with Crippen molar-refractivity contribution < 1.29 is 21.9 Å². The van der Waals surface area contributed by atoms with Crippen LogP contribution in [0.1, 0.15) is 17.0 Å². The average Bonchev–Trinajstić information content (AvgIpc) is 2.71. The van der Waals surface area contributed by atoms with Crippen molar-refractivity contribution in [3.05, 3.63) is 35.2 Å². The summed E-state index contributed by atoms with van der Waals surface area (Å²) in [6.45, 7) is 4.93. The molecule has 0 aliphatic heterocycles. The number of hydrogen-bond donors (Lipinski definition) is 0. The Morgan fingerprint density at radius 3 is 2.40 bits per heavy atom. The fraction of sp³-hybridized carbons (Fsp3) is 0.308. The fourth-order valence-electron chi connectivity index (χ4n) is 1.84. The minimum Gasteiger partial charge on any atom is -0.493 e. The minimum absolute atomic E-state index is 0.0554. The molecule has 2 aromatic rings. The maximum atomic E-state index is 12.3. The van der Waals surface area contributed by atoms with E-state index >= 15 is 0 Å². The van der Waals surface area contributed by atoms with Crippen LogP contribution in [0.25, 0.3) is 0 Å². The second-order valence-electron chi connectivity index (χ2n) is 4.35. The molecule has 0 saturated carbocycles. The van der Waals surface area contributed by atoms with E-state index in [1.54, 1.807) is 25.1 Å². The number of benzene rings is 1. The summed E-state index contributed by atoms with van der Waals surface area (Å²) in [6, 6.07) is 4.97. The number of aryl methyl sites for hydroxylation is 3. The summed E-state index contributed by atoms with van der Waals surface area (Å²) < 4.78 is 39.7. The molecule has 0 aliphatic rings. The standard InChI is InChI=1S/C13H15NO5S/c1-8-5-6-11(12(7-8)17-4)19-20(15,16)13-9(2)14-18-10(13)3/h5-7H,1-4H3. The Labute approximate surface area is 117 Å². The first kappa shape index (κ1) is 14.4. The second kappa shape index (κ2) is 5.16. The molecular weight excluding hydrogens is 282 g/mol. The van der Waals surface area contributed by atoms with E-state index in [-0.39, 0.29) is 22.1 Å². The second-order valence-corrected chi connectivity index (χ2v) is 5.83. The van der Waals surface area contributed by atoms with E-state index in [4.69, 9.17) is 13.4 Å². The first-order valence-electron chi connectivity index (χ1n) is 5.87. The lowest BCUT2D eigenvalue weighted by molar-refractivity contribution is 0.385. The van der Waals surface area contributed by atoms with E-state index < -0.39 is 10.1 Å².